The number of nitrogens with zero attached hydrogens (tertiary/aromatic N) is 1. The van der Waals surface area contributed by atoms with Crippen LogP contribution < -0.4 is 5.32 Å². The lowest BCUT2D eigenvalue weighted by molar-refractivity contribution is -0.143. The quantitative estimate of drug-likeness (QED) is 0.500. The largest absolute Gasteiger partial charge is 0.466 e. The van der Waals surface area contributed by atoms with E-state index in [0.717, 1.165) is 25.9 Å². The number of esters is 1. The maximum absolute atomic E-state index is 11.6. The van der Waals surface area contributed by atoms with Crippen LogP contribution in [0.25, 0.3) is 0 Å². The zero-order chi connectivity index (χ0) is 14.1. The lowest BCUT2D eigenvalue weighted by Gasteiger charge is -2.28. The number of aliphatic hydroxyl groups excluding tert-OH is 1. The normalized spacial score (nSPS) is 17.2. The van der Waals surface area contributed by atoms with Gasteiger partial charge in [0.2, 0.25) is 5.91 Å². The fourth-order valence-corrected chi connectivity index (χ4v) is 2.03. The number of rotatable bonds is 7. The molecule has 0 unspecified atom stereocenters. The lowest BCUT2D eigenvalue weighted by Crippen LogP contribution is -2.42. The minimum absolute atomic E-state index is 0.0275. The molecule has 1 saturated heterocycles. The summed E-state index contributed by atoms with van der Waals surface area (Å²) in [5.74, 6) is -0.248. The van der Waals surface area contributed by atoms with Gasteiger partial charge in [-0.15, -0.1) is 0 Å². The molecular formula is C13H24N2O4. The first-order valence-corrected chi connectivity index (χ1v) is 6.94. The van der Waals surface area contributed by atoms with E-state index in [1.54, 1.807) is 6.92 Å². The summed E-state index contributed by atoms with van der Waals surface area (Å²) in [6.07, 6.45) is 2.18. The molecule has 0 spiro atoms. The Morgan fingerprint density at radius 3 is 2.68 bits per heavy atom. The Morgan fingerprint density at radius 2 is 2.05 bits per heavy atom. The summed E-state index contributed by atoms with van der Waals surface area (Å²) < 4.78 is 4.80. The summed E-state index contributed by atoms with van der Waals surface area (Å²) in [5.41, 5.74) is 0. The maximum Gasteiger partial charge on any atom is 0.305 e. The molecule has 110 valence electrons. The number of carbonyl (C=O) groups is 2. The Hall–Kier alpha value is -1.14. The molecule has 2 N–H and O–H groups in total. The molecule has 1 amide bonds. The Balaban J connectivity index is 2.03. The average Bonchev–Trinajstić information content (AvgIpc) is 2.38. The first kappa shape index (κ1) is 15.9. The molecule has 0 atom stereocenters. The summed E-state index contributed by atoms with van der Waals surface area (Å²) in [6, 6.07) is 0. The number of amides is 1. The van der Waals surface area contributed by atoms with Crippen LogP contribution >= 0.6 is 0 Å². The summed E-state index contributed by atoms with van der Waals surface area (Å²) in [5, 5.41) is 12.1. The van der Waals surface area contributed by atoms with Gasteiger partial charge in [-0.2, -0.15) is 0 Å². The minimum Gasteiger partial charge on any atom is -0.466 e. The molecule has 1 aliphatic heterocycles. The second-order valence-electron chi connectivity index (χ2n) is 4.77. The van der Waals surface area contributed by atoms with Crippen molar-refractivity contribution in [3.8, 4) is 0 Å². The van der Waals surface area contributed by atoms with Crippen molar-refractivity contribution >= 4 is 11.9 Å². The first-order valence-electron chi connectivity index (χ1n) is 6.94. The summed E-state index contributed by atoms with van der Waals surface area (Å²) in [4.78, 5) is 24.7. The highest BCUT2D eigenvalue weighted by Crippen LogP contribution is 2.08. The molecule has 6 nitrogen and oxygen atoms in total. The smallest absolute Gasteiger partial charge is 0.305 e. The molecular weight excluding hydrogens is 248 g/mol. The van der Waals surface area contributed by atoms with Crippen molar-refractivity contribution in [1.29, 1.82) is 0 Å². The van der Waals surface area contributed by atoms with Gasteiger partial charge < -0.3 is 15.2 Å². The standard InChI is InChI=1S/C13H24N2O4/c1-2-19-13(18)4-3-7-14-12(17)10-15-8-5-11(16)6-9-15/h11,16H,2-10H2,1H3,(H,14,17). The van der Waals surface area contributed by atoms with Crippen LogP contribution in [0.15, 0.2) is 0 Å². The van der Waals surface area contributed by atoms with Crippen LogP contribution in [-0.2, 0) is 14.3 Å². The molecule has 0 aliphatic carbocycles. The second kappa shape index (κ2) is 8.87. The van der Waals surface area contributed by atoms with E-state index in [-0.39, 0.29) is 18.0 Å². The van der Waals surface area contributed by atoms with Crippen LogP contribution in [-0.4, -0.2) is 60.8 Å². The van der Waals surface area contributed by atoms with Gasteiger partial charge in [0.05, 0.1) is 19.3 Å². The Kier molecular flexibility index (Phi) is 7.43. The lowest BCUT2D eigenvalue weighted by atomic mass is 10.1. The first-order chi connectivity index (χ1) is 9.11. The predicted molar refractivity (Wildman–Crippen MR) is 70.6 cm³/mol. The number of hydrogen-bond acceptors (Lipinski definition) is 5. The fourth-order valence-electron chi connectivity index (χ4n) is 2.03. The van der Waals surface area contributed by atoms with Gasteiger partial charge in [-0.1, -0.05) is 0 Å². The Bertz CT molecular complexity index is 288. The third-order valence-corrected chi connectivity index (χ3v) is 3.11. The van der Waals surface area contributed by atoms with Crippen LogP contribution in [0.1, 0.15) is 32.6 Å². The van der Waals surface area contributed by atoms with Crippen LogP contribution in [0.5, 0.6) is 0 Å². The van der Waals surface area contributed by atoms with Crippen molar-refractivity contribution in [2.45, 2.75) is 38.7 Å². The van der Waals surface area contributed by atoms with Gasteiger partial charge in [0.25, 0.3) is 0 Å². The van der Waals surface area contributed by atoms with Crippen LogP contribution in [0.3, 0.4) is 0 Å². The van der Waals surface area contributed by atoms with Gasteiger partial charge in [0.15, 0.2) is 0 Å². The average molecular weight is 272 g/mol. The van der Waals surface area contributed by atoms with Crippen molar-refractivity contribution in [2.75, 3.05) is 32.8 Å². The minimum atomic E-state index is -0.221. The van der Waals surface area contributed by atoms with E-state index >= 15 is 0 Å². The van der Waals surface area contributed by atoms with E-state index in [2.05, 4.69) is 5.32 Å². The zero-order valence-corrected chi connectivity index (χ0v) is 11.6. The highest BCUT2D eigenvalue weighted by atomic mass is 16.5. The van der Waals surface area contributed by atoms with E-state index in [9.17, 15) is 14.7 Å². The molecule has 1 fully saturated rings. The molecule has 0 radical (unpaired) electrons. The molecule has 0 aromatic heterocycles. The topological polar surface area (TPSA) is 78.9 Å². The highest BCUT2D eigenvalue weighted by molar-refractivity contribution is 5.78. The van der Waals surface area contributed by atoms with Gasteiger partial charge in [-0.05, 0) is 26.2 Å². The Morgan fingerprint density at radius 1 is 1.37 bits per heavy atom. The summed E-state index contributed by atoms with van der Waals surface area (Å²) in [6.45, 7) is 4.55. The van der Waals surface area contributed by atoms with Crippen LogP contribution in [0, 0.1) is 0 Å². The third kappa shape index (κ3) is 7.12. The fraction of sp³-hybridized carbons (Fsp3) is 0.846. The molecule has 0 bridgehead atoms. The van der Waals surface area contributed by atoms with Crippen molar-refractivity contribution in [3.05, 3.63) is 0 Å². The second-order valence-corrected chi connectivity index (χ2v) is 4.77. The van der Waals surface area contributed by atoms with Gasteiger partial charge in [0, 0.05) is 26.1 Å². The molecule has 0 saturated carbocycles. The molecule has 1 aliphatic rings. The number of ether oxygens (including phenoxy) is 1. The summed E-state index contributed by atoms with van der Waals surface area (Å²) >= 11 is 0. The van der Waals surface area contributed by atoms with Crippen LogP contribution in [0.4, 0.5) is 0 Å². The predicted octanol–water partition coefficient (Wildman–Crippen LogP) is -0.0974. The number of likely N-dealkylation sites (tertiary alicyclic amines) is 1. The molecule has 19 heavy (non-hydrogen) atoms. The van der Waals surface area contributed by atoms with Gasteiger partial charge in [-0.25, -0.2) is 0 Å². The third-order valence-electron chi connectivity index (χ3n) is 3.11. The van der Waals surface area contributed by atoms with Crippen molar-refractivity contribution in [2.24, 2.45) is 0 Å². The van der Waals surface area contributed by atoms with E-state index < -0.39 is 0 Å². The monoisotopic (exact) mass is 272 g/mol. The molecule has 0 aromatic carbocycles. The van der Waals surface area contributed by atoms with Crippen LogP contribution in [0.2, 0.25) is 0 Å². The van der Waals surface area contributed by atoms with E-state index in [1.807, 2.05) is 4.90 Å². The van der Waals surface area contributed by atoms with E-state index in [1.165, 1.54) is 0 Å². The Labute approximate surface area is 114 Å². The maximum atomic E-state index is 11.6. The SMILES string of the molecule is CCOC(=O)CCCNC(=O)CN1CCC(O)CC1. The number of aliphatic hydroxyl groups is 1. The zero-order valence-electron chi connectivity index (χ0n) is 11.6. The van der Waals surface area contributed by atoms with Gasteiger partial charge in [-0.3, -0.25) is 14.5 Å². The van der Waals surface area contributed by atoms with Gasteiger partial charge >= 0.3 is 5.97 Å². The number of nitrogens with one attached hydrogen (secondary N) is 1. The number of piperidine rings is 1. The van der Waals surface area contributed by atoms with Crippen molar-refractivity contribution < 1.29 is 19.4 Å². The molecule has 1 heterocycles. The number of hydrogen-bond donors (Lipinski definition) is 2. The molecule has 1 rings (SSSR count). The van der Waals surface area contributed by atoms with E-state index in [0.29, 0.717) is 32.5 Å². The van der Waals surface area contributed by atoms with Gasteiger partial charge in [0.1, 0.15) is 0 Å². The number of carbonyl (C=O) groups excluding carboxylic acids is 2. The van der Waals surface area contributed by atoms with Crippen molar-refractivity contribution in [1.82, 2.24) is 10.2 Å². The molecule has 0 aromatic rings. The molecule has 6 heteroatoms. The summed E-state index contributed by atoms with van der Waals surface area (Å²) in [7, 11) is 0. The van der Waals surface area contributed by atoms with Crippen molar-refractivity contribution in [3.63, 3.8) is 0 Å². The highest BCUT2D eigenvalue weighted by Gasteiger charge is 2.18. The van der Waals surface area contributed by atoms with E-state index in [4.69, 9.17) is 4.74 Å².